The number of unbranched alkanes of at least 4 members (excludes halogenated alkanes) is 28. The number of aliphatic carboxylic acids is 1. The fourth-order valence-electron chi connectivity index (χ4n) is 9.79. The SMILES string of the molecule is CCCCCCCCCCC1=C(CCCCCCCCCC)C(CCCCCCCCCC)(C(=O)O)C(N)(CCCCCCCCCC)c2ccccc21. The third kappa shape index (κ3) is 16.5. The first-order chi connectivity index (χ1) is 26.4. The van der Waals surface area contributed by atoms with Crippen LogP contribution in [0.15, 0.2) is 29.8 Å². The van der Waals surface area contributed by atoms with Crippen molar-refractivity contribution in [3.8, 4) is 0 Å². The van der Waals surface area contributed by atoms with Gasteiger partial charge in [-0.1, -0.05) is 245 Å². The summed E-state index contributed by atoms with van der Waals surface area (Å²) in [5.74, 6) is -0.648. The Balaban J connectivity index is 2.46. The molecule has 0 saturated carbocycles. The van der Waals surface area contributed by atoms with Crippen LogP contribution in [0.25, 0.3) is 5.57 Å². The van der Waals surface area contributed by atoms with Crippen molar-refractivity contribution in [1.29, 1.82) is 0 Å². The Morgan fingerprint density at radius 2 is 0.833 bits per heavy atom. The summed E-state index contributed by atoms with van der Waals surface area (Å²) in [6, 6.07) is 8.85. The molecule has 1 aromatic carbocycles. The highest BCUT2D eigenvalue weighted by atomic mass is 16.4. The van der Waals surface area contributed by atoms with E-state index in [0.717, 1.165) is 63.4 Å². The Bertz CT molecular complexity index is 1110. The molecule has 0 radical (unpaired) electrons. The number of hydrogen-bond acceptors (Lipinski definition) is 2. The zero-order chi connectivity index (χ0) is 39.2. The Kier molecular flexibility index (Phi) is 27.4. The summed E-state index contributed by atoms with van der Waals surface area (Å²) < 4.78 is 0. The van der Waals surface area contributed by atoms with Gasteiger partial charge in [0.15, 0.2) is 0 Å². The number of carbonyl (C=O) groups is 1. The highest BCUT2D eigenvalue weighted by Crippen LogP contribution is 2.59. The maximum absolute atomic E-state index is 14.4. The fraction of sp³-hybridized carbons (Fsp3) is 0.824. The molecule has 0 aliphatic heterocycles. The molecule has 0 fully saturated rings. The monoisotopic (exact) mass is 750 g/mol. The van der Waals surface area contributed by atoms with E-state index in [1.807, 2.05) is 0 Å². The van der Waals surface area contributed by atoms with Crippen LogP contribution in [0.1, 0.15) is 270 Å². The second-order valence-corrected chi connectivity index (χ2v) is 17.6. The first kappa shape index (κ1) is 48.5. The molecule has 54 heavy (non-hydrogen) atoms. The van der Waals surface area contributed by atoms with Gasteiger partial charge in [0, 0.05) is 0 Å². The standard InChI is InChI=1S/C51H91NO2/c1-5-9-13-17-21-25-29-33-39-45-46-40-35-36-42-48(46)51(52,44-38-32-28-24-20-16-12-8-4)50(49(53)54,43-37-31-27-23-19-15-11-7-3)47(45)41-34-30-26-22-18-14-10-6-2/h35-36,40,42H,5-34,37-39,41,43-44,52H2,1-4H3,(H,53,54). The van der Waals surface area contributed by atoms with Gasteiger partial charge in [-0.25, -0.2) is 0 Å². The minimum atomic E-state index is -1.04. The number of allylic oxidation sites excluding steroid dienone is 1. The molecule has 0 aromatic heterocycles. The minimum absolute atomic E-state index is 0.648. The molecule has 1 aromatic rings. The van der Waals surface area contributed by atoms with E-state index in [1.165, 1.54) is 184 Å². The van der Waals surface area contributed by atoms with Gasteiger partial charge >= 0.3 is 5.97 Å². The maximum Gasteiger partial charge on any atom is 0.316 e. The molecule has 3 N–H and O–H groups in total. The van der Waals surface area contributed by atoms with E-state index in [1.54, 1.807) is 0 Å². The van der Waals surface area contributed by atoms with Crippen molar-refractivity contribution < 1.29 is 9.90 Å². The molecule has 0 amide bonds. The number of fused-ring (bicyclic) bond motifs is 1. The number of nitrogens with two attached hydrogens (primary N) is 1. The van der Waals surface area contributed by atoms with Gasteiger partial charge in [-0.15, -0.1) is 0 Å². The Labute approximate surface area is 336 Å². The van der Waals surface area contributed by atoms with E-state index in [9.17, 15) is 9.90 Å². The van der Waals surface area contributed by atoms with Crippen LogP contribution >= 0.6 is 0 Å². The third-order valence-electron chi connectivity index (χ3n) is 13.1. The summed E-state index contributed by atoms with van der Waals surface area (Å²) in [6.45, 7) is 9.14. The van der Waals surface area contributed by atoms with Crippen LogP contribution in [-0.4, -0.2) is 11.1 Å². The van der Waals surface area contributed by atoms with Crippen molar-refractivity contribution in [1.82, 2.24) is 0 Å². The molecule has 0 spiro atoms. The Morgan fingerprint density at radius 1 is 0.481 bits per heavy atom. The highest BCUT2D eigenvalue weighted by Gasteiger charge is 2.60. The van der Waals surface area contributed by atoms with Gasteiger partial charge in [0.05, 0.1) is 5.54 Å². The van der Waals surface area contributed by atoms with Gasteiger partial charge < -0.3 is 10.8 Å². The van der Waals surface area contributed by atoms with E-state index >= 15 is 0 Å². The van der Waals surface area contributed by atoms with Gasteiger partial charge in [0.1, 0.15) is 5.41 Å². The van der Waals surface area contributed by atoms with E-state index in [0.29, 0.717) is 6.42 Å². The van der Waals surface area contributed by atoms with Gasteiger partial charge in [-0.2, -0.15) is 0 Å². The number of benzene rings is 1. The second-order valence-electron chi connectivity index (χ2n) is 17.6. The number of rotatable bonds is 37. The summed E-state index contributed by atoms with van der Waals surface area (Å²) >= 11 is 0. The smallest absolute Gasteiger partial charge is 0.316 e. The van der Waals surface area contributed by atoms with Crippen molar-refractivity contribution in [2.45, 2.75) is 264 Å². The topological polar surface area (TPSA) is 63.3 Å². The predicted molar refractivity (Wildman–Crippen MR) is 238 cm³/mol. The third-order valence-corrected chi connectivity index (χ3v) is 13.1. The highest BCUT2D eigenvalue weighted by molar-refractivity contribution is 5.90. The summed E-state index contributed by atoms with van der Waals surface area (Å²) in [4.78, 5) is 14.4. The van der Waals surface area contributed by atoms with Crippen molar-refractivity contribution in [3.05, 3.63) is 41.0 Å². The predicted octanol–water partition coefficient (Wildman–Crippen LogP) is 16.8. The molecule has 2 rings (SSSR count). The molecule has 3 nitrogen and oxygen atoms in total. The fourth-order valence-corrected chi connectivity index (χ4v) is 9.79. The average molecular weight is 750 g/mol. The molecular weight excluding hydrogens is 659 g/mol. The van der Waals surface area contributed by atoms with Crippen molar-refractivity contribution in [2.75, 3.05) is 0 Å². The van der Waals surface area contributed by atoms with E-state index in [-0.39, 0.29) is 0 Å². The van der Waals surface area contributed by atoms with Crippen LogP contribution in [0.4, 0.5) is 0 Å². The number of carboxylic acids is 1. The molecule has 0 bridgehead atoms. The lowest BCUT2D eigenvalue weighted by molar-refractivity contribution is -0.152. The van der Waals surface area contributed by atoms with Crippen LogP contribution in [0.3, 0.4) is 0 Å². The van der Waals surface area contributed by atoms with E-state index in [4.69, 9.17) is 5.73 Å². The molecule has 312 valence electrons. The van der Waals surface area contributed by atoms with Crippen molar-refractivity contribution in [2.24, 2.45) is 11.1 Å². The van der Waals surface area contributed by atoms with Gasteiger partial charge in [-0.3, -0.25) is 4.79 Å². The van der Waals surface area contributed by atoms with Crippen LogP contribution in [-0.2, 0) is 10.3 Å². The van der Waals surface area contributed by atoms with Crippen LogP contribution < -0.4 is 5.73 Å². The molecule has 3 heteroatoms. The van der Waals surface area contributed by atoms with Gasteiger partial charge in [0.2, 0.25) is 0 Å². The molecule has 0 saturated heterocycles. The summed E-state index contributed by atoms with van der Waals surface area (Å²) in [6.07, 6.45) is 43.4. The van der Waals surface area contributed by atoms with Crippen LogP contribution in [0.2, 0.25) is 0 Å². The normalized spacial score (nSPS) is 18.4. The molecule has 1 aliphatic carbocycles. The van der Waals surface area contributed by atoms with Crippen LogP contribution in [0, 0.1) is 5.41 Å². The quantitative estimate of drug-likeness (QED) is 0.0666. The zero-order valence-corrected chi connectivity index (χ0v) is 36.7. The molecule has 1 aliphatic rings. The molecule has 2 atom stereocenters. The lowest BCUT2D eigenvalue weighted by Crippen LogP contribution is -2.60. The lowest BCUT2D eigenvalue weighted by Gasteiger charge is -2.52. The maximum atomic E-state index is 14.4. The summed E-state index contributed by atoms with van der Waals surface area (Å²) in [7, 11) is 0. The first-order valence-electron chi connectivity index (χ1n) is 24.3. The van der Waals surface area contributed by atoms with E-state index < -0.39 is 16.9 Å². The number of hydrogen-bond donors (Lipinski definition) is 2. The van der Waals surface area contributed by atoms with Crippen molar-refractivity contribution in [3.63, 3.8) is 0 Å². The summed E-state index contributed by atoms with van der Waals surface area (Å²) in [5.41, 5.74) is 11.0. The van der Waals surface area contributed by atoms with Crippen molar-refractivity contribution >= 4 is 11.5 Å². The number of carboxylic acid groups (broad SMARTS) is 1. The molecular formula is C51H91NO2. The van der Waals surface area contributed by atoms with Crippen LogP contribution in [0.5, 0.6) is 0 Å². The second kappa shape index (κ2) is 30.5. The lowest BCUT2D eigenvalue weighted by atomic mass is 9.52. The molecule has 0 heterocycles. The average Bonchev–Trinajstić information content (AvgIpc) is 3.17. The zero-order valence-electron chi connectivity index (χ0n) is 36.7. The summed E-state index contributed by atoms with van der Waals surface area (Å²) in [5, 5.41) is 11.8. The Morgan fingerprint density at radius 3 is 1.26 bits per heavy atom. The van der Waals surface area contributed by atoms with Gasteiger partial charge in [0.25, 0.3) is 0 Å². The largest absolute Gasteiger partial charge is 0.481 e. The first-order valence-corrected chi connectivity index (χ1v) is 24.3. The van der Waals surface area contributed by atoms with E-state index in [2.05, 4.69) is 52.0 Å². The Hall–Kier alpha value is -1.61. The molecule has 2 unspecified atom stereocenters. The van der Waals surface area contributed by atoms with Gasteiger partial charge in [-0.05, 0) is 60.8 Å². The minimum Gasteiger partial charge on any atom is -0.481 e.